The van der Waals surface area contributed by atoms with Crippen LogP contribution in [-0.4, -0.2) is 15.8 Å². The maximum Gasteiger partial charge on any atom is 0.254 e. The number of carbonyl (C=O) groups excluding carboxylic acids is 1. The minimum atomic E-state index is -0.400. The normalized spacial score (nSPS) is 10.9. The summed E-state index contributed by atoms with van der Waals surface area (Å²) in [4.78, 5) is 30.6. The van der Waals surface area contributed by atoms with E-state index in [0.29, 0.717) is 17.7 Å². The Balaban J connectivity index is 1.73. The third-order valence-electron chi connectivity index (χ3n) is 5.35. The number of benzene rings is 3. The summed E-state index contributed by atoms with van der Waals surface area (Å²) in [7, 11) is 0. The highest BCUT2D eigenvalue weighted by atomic mass is 19.1. The first-order valence-corrected chi connectivity index (χ1v) is 10.1. The van der Waals surface area contributed by atoms with Crippen LogP contribution in [0, 0.1) is 19.7 Å². The van der Waals surface area contributed by atoms with E-state index in [1.807, 2.05) is 56.3 Å². The van der Waals surface area contributed by atoms with Gasteiger partial charge < -0.3 is 9.88 Å². The van der Waals surface area contributed by atoms with E-state index >= 15 is 0 Å². The average Bonchev–Trinajstić information content (AvgIpc) is 2.75. The van der Waals surface area contributed by atoms with Crippen LogP contribution in [0.3, 0.4) is 0 Å². The molecule has 1 aromatic heterocycles. The number of pyridine rings is 1. The molecule has 0 saturated heterocycles. The van der Waals surface area contributed by atoms with E-state index in [1.54, 1.807) is 4.90 Å². The molecule has 3 aromatic carbocycles. The number of amides is 1. The van der Waals surface area contributed by atoms with E-state index in [-0.39, 0.29) is 18.0 Å². The lowest BCUT2D eigenvalue weighted by Gasteiger charge is -2.23. The van der Waals surface area contributed by atoms with Gasteiger partial charge in [0.1, 0.15) is 5.82 Å². The highest BCUT2D eigenvalue weighted by Gasteiger charge is 2.19. The van der Waals surface area contributed by atoms with Crippen LogP contribution < -0.4 is 5.56 Å². The minimum Gasteiger partial charge on any atom is -0.330 e. The zero-order chi connectivity index (χ0) is 22.0. The standard InChI is InChI=1S/C26H23FN2O2/c1-17-12-18(2)23-14-21(25(30)28-24(23)13-17)16-29(15-19-6-4-3-5-7-19)26(31)20-8-10-22(27)11-9-20/h3-14H,15-16H2,1-2H3,(H,28,30). The van der Waals surface area contributed by atoms with Gasteiger partial charge in [-0.05, 0) is 66.9 Å². The molecule has 5 heteroatoms. The summed E-state index contributed by atoms with van der Waals surface area (Å²) < 4.78 is 13.3. The lowest BCUT2D eigenvalue weighted by atomic mass is 10.0. The first-order chi connectivity index (χ1) is 14.9. The summed E-state index contributed by atoms with van der Waals surface area (Å²) in [5, 5.41) is 0.953. The molecule has 0 bridgehead atoms. The Hall–Kier alpha value is -3.73. The van der Waals surface area contributed by atoms with Crippen molar-refractivity contribution in [3.05, 3.63) is 117 Å². The van der Waals surface area contributed by atoms with Crippen LogP contribution >= 0.6 is 0 Å². The van der Waals surface area contributed by atoms with Crippen molar-refractivity contribution < 1.29 is 9.18 Å². The summed E-state index contributed by atoms with van der Waals surface area (Å²) in [5.41, 5.74) is 4.53. The van der Waals surface area contributed by atoms with E-state index < -0.39 is 5.82 Å². The molecule has 0 aliphatic heterocycles. The zero-order valence-corrected chi connectivity index (χ0v) is 17.5. The average molecular weight is 414 g/mol. The zero-order valence-electron chi connectivity index (χ0n) is 17.5. The molecule has 4 rings (SSSR count). The first kappa shape index (κ1) is 20.5. The van der Waals surface area contributed by atoms with E-state index in [4.69, 9.17) is 0 Å². The number of nitrogens with zero attached hydrogens (tertiary/aromatic N) is 1. The number of fused-ring (bicyclic) bond motifs is 1. The van der Waals surface area contributed by atoms with Crippen molar-refractivity contribution in [3.63, 3.8) is 0 Å². The molecule has 0 atom stereocenters. The van der Waals surface area contributed by atoms with Crippen LogP contribution in [0.25, 0.3) is 10.9 Å². The lowest BCUT2D eigenvalue weighted by molar-refractivity contribution is 0.0729. The van der Waals surface area contributed by atoms with Gasteiger partial charge in [0.25, 0.3) is 11.5 Å². The highest BCUT2D eigenvalue weighted by molar-refractivity contribution is 5.94. The van der Waals surface area contributed by atoms with Gasteiger partial charge in [-0.1, -0.05) is 36.4 Å². The summed E-state index contributed by atoms with van der Waals surface area (Å²) in [6.45, 7) is 4.47. The molecule has 0 radical (unpaired) electrons. The molecule has 156 valence electrons. The van der Waals surface area contributed by atoms with Gasteiger partial charge >= 0.3 is 0 Å². The smallest absolute Gasteiger partial charge is 0.254 e. The molecule has 0 saturated carbocycles. The van der Waals surface area contributed by atoms with Crippen LogP contribution in [0.15, 0.2) is 77.6 Å². The maximum atomic E-state index is 13.3. The lowest BCUT2D eigenvalue weighted by Crippen LogP contribution is -2.32. The molecule has 1 heterocycles. The van der Waals surface area contributed by atoms with Gasteiger partial charge in [-0.15, -0.1) is 0 Å². The number of nitrogens with one attached hydrogen (secondary N) is 1. The fourth-order valence-electron chi connectivity index (χ4n) is 3.82. The fraction of sp³-hybridized carbons (Fsp3) is 0.154. The Bertz CT molecular complexity index is 1300. The second-order valence-electron chi connectivity index (χ2n) is 7.82. The Morgan fingerprint density at radius 3 is 2.35 bits per heavy atom. The van der Waals surface area contributed by atoms with E-state index in [9.17, 15) is 14.0 Å². The van der Waals surface area contributed by atoms with Crippen molar-refractivity contribution in [2.24, 2.45) is 0 Å². The molecule has 0 aliphatic carbocycles. The molecule has 1 amide bonds. The van der Waals surface area contributed by atoms with Gasteiger partial charge in [0, 0.05) is 28.6 Å². The summed E-state index contributed by atoms with van der Waals surface area (Å²) in [6, 6.07) is 20.9. The molecular formula is C26H23FN2O2. The number of aromatic nitrogens is 1. The molecule has 31 heavy (non-hydrogen) atoms. The van der Waals surface area contributed by atoms with Crippen molar-refractivity contribution in [2.45, 2.75) is 26.9 Å². The number of rotatable bonds is 5. The van der Waals surface area contributed by atoms with Crippen LogP contribution in [0.4, 0.5) is 4.39 Å². The van der Waals surface area contributed by atoms with Crippen LogP contribution in [0.2, 0.25) is 0 Å². The molecule has 4 aromatic rings. The van der Waals surface area contributed by atoms with E-state index in [2.05, 4.69) is 11.1 Å². The van der Waals surface area contributed by atoms with Gasteiger partial charge in [-0.3, -0.25) is 9.59 Å². The minimum absolute atomic E-state index is 0.143. The Morgan fingerprint density at radius 1 is 0.935 bits per heavy atom. The van der Waals surface area contributed by atoms with Crippen LogP contribution in [-0.2, 0) is 13.1 Å². The Morgan fingerprint density at radius 2 is 1.65 bits per heavy atom. The van der Waals surface area contributed by atoms with Gasteiger partial charge in [0.05, 0.1) is 6.54 Å². The van der Waals surface area contributed by atoms with Crippen LogP contribution in [0.5, 0.6) is 0 Å². The highest BCUT2D eigenvalue weighted by Crippen LogP contribution is 2.20. The van der Waals surface area contributed by atoms with Crippen LogP contribution in [0.1, 0.15) is 32.6 Å². The van der Waals surface area contributed by atoms with Crippen molar-refractivity contribution >= 4 is 16.8 Å². The molecule has 0 fully saturated rings. The molecule has 0 spiro atoms. The van der Waals surface area contributed by atoms with Gasteiger partial charge in [0.2, 0.25) is 0 Å². The molecule has 0 unspecified atom stereocenters. The number of hydrogen-bond donors (Lipinski definition) is 1. The first-order valence-electron chi connectivity index (χ1n) is 10.1. The summed E-state index contributed by atoms with van der Waals surface area (Å²) in [5.74, 6) is -0.660. The second-order valence-corrected chi connectivity index (χ2v) is 7.82. The maximum absolute atomic E-state index is 13.3. The number of H-pyrrole nitrogens is 1. The van der Waals surface area contributed by atoms with E-state index in [1.165, 1.54) is 24.3 Å². The van der Waals surface area contributed by atoms with Gasteiger partial charge in [0.15, 0.2) is 0 Å². The predicted molar refractivity (Wildman–Crippen MR) is 120 cm³/mol. The monoisotopic (exact) mass is 414 g/mol. The van der Waals surface area contributed by atoms with Crippen molar-refractivity contribution in [1.29, 1.82) is 0 Å². The van der Waals surface area contributed by atoms with E-state index in [0.717, 1.165) is 27.6 Å². The number of aryl methyl sites for hydroxylation is 2. The SMILES string of the molecule is Cc1cc(C)c2cc(CN(Cc3ccccc3)C(=O)c3ccc(F)cc3)c(=O)[nH]c2c1. The molecular weight excluding hydrogens is 391 g/mol. The third-order valence-corrected chi connectivity index (χ3v) is 5.35. The van der Waals surface area contributed by atoms with Gasteiger partial charge in [-0.2, -0.15) is 0 Å². The number of hydrogen-bond acceptors (Lipinski definition) is 2. The number of halogens is 1. The fourth-order valence-corrected chi connectivity index (χ4v) is 3.82. The Labute approximate surface area is 180 Å². The molecule has 1 N–H and O–H groups in total. The van der Waals surface area contributed by atoms with Crippen molar-refractivity contribution in [2.75, 3.05) is 0 Å². The molecule has 0 aliphatic rings. The van der Waals surface area contributed by atoms with Crippen molar-refractivity contribution in [1.82, 2.24) is 9.88 Å². The Kier molecular flexibility index (Phi) is 5.67. The largest absolute Gasteiger partial charge is 0.330 e. The van der Waals surface area contributed by atoms with Gasteiger partial charge in [-0.25, -0.2) is 4.39 Å². The quantitative estimate of drug-likeness (QED) is 0.492. The topological polar surface area (TPSA) is 53.2 Å². The molecule has 4 nitrogen and oxygen atoms in total. The predicted octanol–water partition coefficient (Wildman–Crippen LogP) is 5.13. The van der Waals surface area contributed by atoms with Crippen molar-refractivity contribution in [3.8, 4) is 0 Å². The number of carbonyl (C=O) groups is 1. The summed E-state index contributed by atoms with van der Waals surface area (Å²) in [6.07, 6.45) is 0. The number of aromatic amines is 1. The second kappa shape index (κ2) is 8.56. The third kappa shape index (κ3) is 4.56. The summed E-state index contributed by atoms with van der Waals surface area (Å²) >= 11 is 0.